The van der Waals surface area contributed by atoms with Gasteiger partial charge in [-0.25, -0.2) is 4.39 Å². The predicted molar refractivity (Wildman–Crippen MR) is 99.8 cm³/mol. The fraction of sp³-hybridized carbons (Fsp3) is 0.368. The van der Waals surface area contributed by atoms with Crippen LogP contribution in [0.5, 0.6) is 11.5 Å². The number of likely N-dealkylation sites (tertiary alicyclic amines) is 1. The van der Waals surface area contributed by atoms with E-state index in [9.17, 15) is 9.50 Å². The number of ether oxygens (including phenoxy) is 2. The van der Waals surface area contributed by atoms with Gasteiger partial charge >= 0.3 is 0 Å². The monoisotopic (exact) mass is 399 g/mol. The van der Waals surface area contributed by atoms with Crippen LogP contribution in [0.25, 0.3) is 0 Å². The lowest BCUT2D eigenvalue weighted by Crippen LogP contribution is -2.35. The first kappa shape index (κ1) is 19.2. The second-order valence-corrected chi connectivity index (χ2v) is 7.10. The molecule has 1 N–H and O–H groups in total. The Balaban J connectivity index is 1.42. The lowest BCUT2D eigenvalue weighted by molar-refractivity contribution is 0.0719. The molecule has 1 aliphatic heterocycles. The van der Waals surface area contributed by atoms with Gasteiger partial charge in [0.25, 0.3) is 0 Å². The van der Waals surface area contributed by atoms with Crippen LogP contribution in [0, 0.1) is 5.82 Å². The van der Waals surface area contributed by atoms with Crippen molar-refractivity contribution < 1.29 is 19.0 Å². The van der Waals surface area contributed by atoms with Gasteiger partial charge in [-0.3, -0.25) is 4.90 Å². The molecule has 0 aromatic heterocycles. The molecule has 1 aliphatic rings. The van der Waals surface area contributed by atoms with Gasteiger partial charge in [0, 0.05) is 31.8 Å². The first-order chi connectivity index (χ1) is 12.5. The third-order valence-corrected chi connectivity index (χ3v) is 4.87. The summed E-state index contributed by atoms with van der Waals surface area (Å²) in [5, 5.41) is 11.1. The van der Waals surface area contributed by atoms with E-state index in [1.54, 1.807) is 30.3 Å². The molecule has 0 bridgehead atoms. The van der Waals surface area contributed by atoms with Crippen molar-refractivity contribution in [3.8, 4) is 11.5 Å². The second kappa shape index (κ2) is 8.91. The number of aliphatic hydroxyl groups excluding tert-OH is 1. The van der Waals surface area contributed by atoms with Crippen LogP contribution in [0.15, 0.2) is 42.5 Å². The minimum absolute atomic E-state index is 0.0311. The van der Waals surface area contributed by atoms with Crippen LogP contribution in [0.2, 0.25) is 10.0 Å². The molecule has 140 valence electrons. The Morgan fingerprint density at radius 1 is 1.15 bits per heavy atom. The zero-order chi connectivity index (χ0) is 18.5. The molecule has 1 fully saturated rings. The van der Waals surface area contributed by atoms with Crippen LogP contribution >= 0.6 is 23.2 Å². The first-order valence-electron chi connectivity index (χ1n) is 8.40. The number of halogens is 3. The van der Waals surface area contributed by atoms with Gasteiger partial charge in [-0.1, -0.05) is 29.3 Å². The molecule has 2 aromatic rings. The van der Waals surface area contributed by atoms with Crippen molar-refractivity contribution >= 4 is 23.2 Å². The average molecular weight is 400 g/mol. The molecule has 1 saturated heterocycles. The zero-order valence-corrected chi connectivity index (χ0v) is 15.6. The molecular formula is C19H20Cl2FNO3. The minimum atomic E-state index is -0.665. The highest BCUT2D eigenvalue weighted by Gasteiger charge is 2.25. The summed E-state index contributed by atoms with van der Waals surface area (Å²) >= 11 is 11.9. The smallest absolute Gasteiger partial charge is 0.126 e. The summed E-state index contributed by atoms with van der Waals surface area (Å²) in [4.78, 5) is 2.11. The van der Waals surface area contributed by atoms with Gasteiger partial charge in [0.15, 0.2) is 0 Å². The molecule has 0 radical (unpaired) electrons. The molecule has 0 spiro atoms. The molecule has 0 amide bonds. The van der Waals surface area contributed by atoms with Crippen LogP contribution in [-0.2, 0) is 0 Å². The number of nitrogens with zero attached hydrogens (tertiary/aromatic N) is 1. The van der Waals surface area contributed by atoms with E-state index >= 15 is 0 Å². The number of aliphatic hydroxyl groups is 1. The minimum Gasteiger partial charge on any atom is -0.491 e. The molecular weight excluding hydrogens is 380 g/mol. The maximum Gasteiger partial charge on any atom is 0.126 e. The largest absolute Gasteiger partial charge is 0.491 e. The normalized spacial score (nSPS) is 18.7. The maximum absolute atomic E-state index is 13.1. The summed E-state index contributed by atoms with van der Waals surface area (Å²) in [5.41, 5.74) is 0. The summed E-state index contributed by atoms with van der Waals surface area (Å²) in [6.45, 7) is 2.11. The Hall–Kier alpha value is -1.53. The molecule has 0 saturated carbocycles. The van der Waals surface area contributed by atoms with Gasteiger partial charge in [0.2, 0.25) is 0 Å². The highest BCUT2D eigenvalue weighted by atomic mass is 35.5. The molecule has 7 heteroatoms. The lowest BCUT2D eigenvalue weighted by atomic mass is 10.3. The summed E-state index contributed by atoms with van der Waals surface area (Å²) in [6.07, 6.45) is 0.225. The zero-order valence-electron chi connectivity index (χ0n) is 14.1. The SMILES string of the molecule is OC(COc1cccc(F)c1)CN1CCC(Oc2ccc(Cl)c(Cl)c2)C1. The van der Waals surface area contributed by atoms with Crippen molar-refractivity contribution in [3.63, 3.8) is 0 Å². The predicted octanol–water partition coefficient (Wildman–Crippen LogP) is 4.03. The summed E-state index contributed by atoms with van der Waals surface area (Å²) < 4.78 is 24.5. The molecule has 26 heavy (non-hydrogen) atoms. The molecule has 2 unspecified atom stereocenters. The number of benzene rings is 2. The fourth-order valence-electron chi connectivity index (χ4n) is 2.90. The third kappa shape index (κ3) is 5.48. The van der Waals surface area contributed by atoms with Crippen LogP contribution in [0.3, 0.4) is 0 Å². The van der Waals surface area contributed by atoms with Gasteiger partial charge in [-0.05, 0) is 30.7 Å². The molecule has 0 aliphatic carbocycles. The Morgan fingerprint density at radius 2 is 2.00 bits per heavy atom. The van der Waals surface area contributed by atoms with Gasteiger partial charge < -0.3 is 14.6 Å². The van der Waals surface area contributed by atoms with Crippen LogP contribution < -0.4 is 9.47 Å². The fourth-order valence-corrected chi connectivity index (χ4v) is 3.19. The third-order valence-electron chi connectivity index (χ3n) is 4.13. The number of rotatable bonds is 7. The molecule has 2 atom stereocenters. The summed E-state index contributed by atoms with van der Waals surface area (Å²) in [5.74, 6) is 0.728. The highest BCUT2D eigenvalue weighted by Crippen LogP contribution is 2.28. The molecule has 4 nitrogen and oxygen atoms in total. The second-order valence-electron chi connectivity index (χ2n) is 6.29. The first-order valence-corrected chi connectivity index (χ1v) is 9.15. The summed E-state index contributed by atoms with van der Waals surface area (Å²) in [6, 6.07) is 11.1. The Labute approximate surface area is 162 Å². The van der Waals surface area contributed by atoms with E-state index in [0.29, 0.717) is 34.6 Å². The molecule has 1 heterocycles. The van der Waals surface area contributed by atoms with E-state index in [4.69, 9.17) is 32.7 Å². The Morgan fingerprint density at radius 3 is 2.77 bits per heavy atom. The topological polar surface area (TPSA) is 41.9 Å². The average Bonchev–Trinajstić information content (AvgIpc) is 3.03. The van der Waals surface area contributed by atoms with Gasteiger partial charge in [0.1, 0.15) is 36.1 Å². The van der Waals surface area contributed by atoms with Crippen molar-refractivity contribution in [2.45, 2.75) is 18.6 Å². The van der Waals surface area contributed by atoms with E-state index in [1.165, 1.54) is 12.1 Å². The van der Waals surface area contributed by atoms with Crippen molar-refractivity contribution in [1.82, 2.24) is 4.90 Å². The van der Waals surface area contributed by atoms with E-state index in [2.05, 4.69) is 4.90 Å². The summed E-state index contributed by atoms with van der Waals surface area (Å²) in [7, 11) is 0. The highest BCUT2D eigenvalue weighted by molar-refractivity contribution is 6.42. The van der Waals surface area contributed by atoms with E-state index in [-0.39, 0.29) is 18.5 Å². The van der Waals surface area contributed by atoms with Gasteiger partial charge in [-0.2, -0.15) is 0 Å². The Kier molecular flexibility index (Phi) is 6.59. The van der Waals surface area contributed by atoms with Crippen LogP contribution in [0.1, 0.15) is 6.42 Å². The number of β-amino-alcohol motifs (C(OH)–C–C–N with tert-alkyl or cyclic N) is 1. The molecule has 2 aromatic carbocycles. The maximum atomic E-state index is 13.1. The van der Waals surface area contributed by atoms with Crippen molar-refractivity contribution in [2.24, 2.45) is 0 Å². The Bertz CT molecular complexity index is 746. The molecule has 3 rings (SSSR count). The van der Waals surface area contributed by atoms with Crippen molar-refractivity contribution in [2.75, 3.05) is 26.2 Å². The number of hydrogen-bond donors (Lipinski definition) is 1. The van der Waals surface area contributed by atoms with E-state index < -0.39 is 6.10 Å². The van der Waals surface area contributed by atoms with Crippen molar-refractivity contribution in [3.05, 3.63) is 58.3 Å². The van der Waals surface area contributed by atoms with E-state index in [0.717, 1.165) is 13.0 Å². The van der Waals surface area contributed by atoms with Gasteiger partial charge in [-0.15, -0.1) is 0 Å². The quantitative estimate of drug-likeness (QED) is 0.762. The van der Waals surface area contributed by atoms with Crippen LogP contribution in [0.4, 0.5) is 4.39 Å². The van der Waals surface area contributed by atoms with Crippen LogP contribution in [-0.4, -0.2) is 48.5 Å². The van der Waals surface area contributed by atoms with Crippen molar-refractivity contribution in [1.29, 1.82) is 0 Å². The number of hydrogen-bond acceptors (Lipinski definition) is 4. The standard InChI is InChI=1S/C19H20Cl2FNO3/c20-18-5-4-16(9-19(18)21)26-17-6-7-23(11-17)10-14(24)12-25-15-3-1-2-13(22)8-15/h1-5,8-9,14,17,24H,6-7,10-12H2. The van der Waals surface area contributed by atoms with Gasteiger partial charge in [0.05, 0.1) is 10.0 Å². The lowest BCUT2D eigenvalue weighted by Gasteiger charge is -2.20. The van der Waals surface area contributed by atoms with E-state index in [1.807, 2.05) is 0 Å².